The summed E-state index contributed by atoms with van der Waals surface area (Å²) in [6.45, 7) is -0.0506. The Morgan fingerprint density at radius 1 is 0.880 bits per heavy atom. The average molecular weight is 341 g/mol. The summed E-state index contributed by atoms with van der Waals surface area (Å²) in [6, 6.07) is 9.69. The third kappa shape index (κ3) is 2.82. The fourth-order valence-corrected chi connectivity index (χ4v) is 2.72. The number of fused-ring (bicyclic) bond motifs is 1. The van der Waals surface area contributed by atoms with Crippen molar-refractivity contribution in [3.63, 3.8) is 0 Å². The Balaban J connectivity index is 1.83. The van der Waals surface area contributed by atoms with Gasteiger partial charge in [-0.25, -0.2) is 0 Å². The van der Waals surface area contributed by atoms with Crippen molar-refractivity contribution >= 4 is 23.2 Å². The zero-order valence-corrected chi connectivity index (χ0v) is 12.7. The number of carbonyl (C=O) groups is 2. The normalized spacial score (nSPS) is 13.0. The molecule has 0 N–H and O–H groups in total. The van der Waals surface area contributed by atoms with Crippen LogP contribution in [0.2, 0.25) is 0 Å². The van der Waals surface area contributed by atoms with Gasteiger partial charge in [0.1, 0.15) is 0 Å². The van der Waals surface area contributed by atoms with Gasteiger partial charge in [-0.05, 0) is 24.6 Å². The lowest BCUT2D eigenvalue weighted by molar-refractivity contribution is -0.394. The molecule has 9 heteroatoms. The van der Waals surface area contributed by atoms with Crippen molar-refractivity contribution < 1.29 is 19.4 Å². The van der Waals surface area contributed by atoms with Gasteiger partial charge in [-0.3, -0.25) is 34.7 Å². The van der Waals surface area contributed by atoms with Crippen molar-refractivity contribution in [3.05, 3.63) is 79.4 Å². The maximum absolute atomic E-state index is 12.3. The Bertz CT molecular complexity index is 889. The number of benzene rings is 2. The Labute approximate surface area is 140 Å². The van der Waals surface area contributed by atoms with Crippen LogP contribution in [0.15, 0.2) is 42.5 Å². The Morgan fingerprint density at radius 2 is 1.48 bits per heavy atom. The van der Waals surface area contributed by atoms with Crippen LogP contribution in [0.5, 0.6) is 0 Å². The van der Waals surface area contributed by atoms with E-state index in [0.717, 1.165) is 17.0 Å². The number of amides is 2. The molecule has 0 unspecified atom stereocenters. The molecular formula is C16H11N3O6. The summed E-state index contributed by atoms with van der Waals surface area (Å²) >= 11 is 0. The van der Waals surface area contributed by atoms with Crippen LogP contribution < -0.4 is 0 Å². The minimum atomic E-state index is -0.721. The smallest absolute Gasteiger partial charge is 0.274 e. The maximum Gasteiger partial charge on any atom is 0.279 e. The lowest BCUT2D eigenvalue weighted by atomic mass is 10.1. The molecule has 126 valence electrons. The predicted molar refractivity (Wildman–Crippen MR) is 85.3 cm³/mol. The van der Waals surface area contributed by atoms with E-state index in [9.17, 15) is 29.8 Å². The summed E-state index contributed by atoms with van der Waals surface area (Å²) < 4.78 is 0. The third-order valence-corrected chi connectivity index (χ3v) is 3.96. The summed E-state index contributed by atoms with van der Waals surface area (Å²) in [5.74, 6) is -0.907. The summed E-state index contributed by atoms with van der Waals surface area (Å²) in [5, 5.41) is 21.9. The molecule has 9 nitrogen and oxygen atoms in total. The standard InChI is InChI=1S/C16H11N3O6/c20-15-12-3-1-2-4-13(12)16(21)17(15)8-7-10-5-6-11(18(22)23)9-14(10)19(24)25/h1-6,9H,7-8H2. The topological polar surface area (TPSA) is 124 Å². The highest BCUT2D eigenvalue weighted by Crippen LogP contribution is 2.27. The number of rotatable bonds is 5. The van der Waals surface area contributed by atoms with E-state index in [-0.39, 0.29) is 18.5 Å². The molecule has 2 aromatic rings. The molecule has 1 aliphatic rings. The van der Waals surface area contributed by atoms with E-state index in [1.807, 2.05) is 0 Å². The number of hydrogen-bond donors (Lipinski definition) is 0. The molecule has 0 fully saturated rings. The van der Waals surface area contributed by atoms with Crippen LogP contribution in [0.4, 0.5) is 11.4 Å². The van der Waals surface area contributed by atoms with Crippen molar-refractivity contribution in [1.29, 1.82) is 0 Å². The summed E-state index contributed by atoms with van der Waals surface area (Å²) in [6.07, 6.45) is 0.0276. The minimum absolute atomic E-state index is 0.0276. The summed E-state index contributed by atoms with van der Waals surface area (Å²) in [7, 11) is 0. The van der Waals surface area contributed by atoms with Gasteiger partial charge in [0.15, 0.2) is 0 Å². The van der Waals surface area contributed by atoms with E-state index < -0.39 is 33.0 Å². The van der Waals surface area contributed by atoms with Gasteiger partial charge in [0.2, 0.25) is 0 Å². The van der Waals surface area contributed by atoms with Crippen molar-refractivity contribution in [2.24, 2.45) is 0 Å². The van der Waals surface area contributed by atoms with Crippen molar-refractivity contribution in [1.82, 2.24) is 4.90 Å². The van der Waals surface area contributed by atoms with Gasteiger partial charge in [0.25, 0.3) is 23.2 Å². The van der Waals surface area contributed by atoms with Crippen LogP contribution in [0.3, 0.4) is 0 Å². The van der Waals surface area contributed by atoms with E-state index in [1.165, 1.54) is 6.07 Å². The van der Waals surface area contributed by atoms with Gasteiger partial charge in [-0.15, -0.1) is 0 Å². The highest BCUT2D eigenvalue weighted by Gasteiger charge is 2.35. The predicted octanol–water partition coefficient (Wildman–Crippen LogP) is 2.34. The zero-order chi connectivity index (χ0) is 18.1. The highest BCUT2D eigenvalue weighted by atomic mass is 16.6. The van der Waals surface area contributed by atoms with Crippen LogP contribution in [0, 0.1) is 20.2 Å². The molecule has 0 bridgehead atoms. The highest BCUT2D eigenvalue weighted by molar-refractivity contribution is 6.21. The van der Waals surface area contributed by atoms with E-state index >= 15 is 0 Å². The fraction of sp³-hybridized carbons (Fsp3) is 0.125. The van der Waals surface area contributed by atoms with Gasteiger partial charge in [-0.2, -0.15) is 0 Å². The molecular weight excluding hydrogens is 330 g/mol. The van der Waals surface area contributed by atoms with E-state index in [2.05, 4.69) is 0 Å². The number of carbonyl (C=O) groups excluding carboxylic acids is 2. The van der Waals surface area contributed by atoms with Crippen molar-refractivity contribution in [3.8, 4) is 0 Å². The first kappa shape index (κ1) is 16.2. The minimum Gasteiger partial charge on any atom is -0.274 e. The zero-order valence-electron chi connectivity index (χ0n) is 12.7. The monoisotopic (exact) mass is 341 g/mol. The molecule has 2 aromatic carbocycles. The Kier molecular flexibility index (Phi) is 3.97. The van der Waals surface area contributed by atoms with Crippen LogP contribution >= 0.6 is 0 Å². The number of nitro benzene ring substituents is 2. The Morgan fingerprint density at radius 3 is 2.00 bits per heavy atom. The molecule has 0 aliphatic carbocycles. The molecule has 0 spiro atoms. The molecule has 0 saturated carbocycles. The molecule has 3 rings (SSSR count). The molecule has 2 amide bonds. The lowest BCUT2D eigenvalue weighted by Gasteiger charge is -2.13. The van der Waals surface area contributed by atoms with Gasteiger partial charge in [0, 0.05) is 18.2 Å². The largest absolute Gasteiger partial charge is 0.279 e. The number of imide groups is 1. The molecule has 1 aliphatic heterocycles. The second kappa shape index (κ2) is 6.11. The molecule has 0 atom stereocenters. The number of nitrogens with zero attached hydrogens (tertiary/aromatic N) is 3. The second-order valence-corrected chi connectivity index (χ2v) is 5.38. The third-order valence-electron chi connectivity index (χ3n) is 3.96. The second-order valence-electron chi connectivity index (χ2n) is 5.38. The molecule has 25 heavy (non-hydrogen) atoms. The Hall–Kier alpha value is -3.62. The lowest BCUT2D eigenvalue weighted by Crippen LogP contribution is -2.31. The summed E-state index contributed by atoms with van der Waals surface area (Å²) in [5.41, 5.74) is 0.00513. The first-order chi connectivity index (χ1) is 11.9. The van der Waals surface area contributed by atoms with Crippen LogP contribution in [-0.4, -0.2) is 33.1 Å². The molecule has 0 saturated heterocycles. The van der Waals surface area contributed by atoms with E-state index in [4.69, 9.17) is 0 Å². The number of hydrogen-bond acceptors (Lipinski definition) is 6. The number of non-ortho nitro benzene ring substituents is 1. The SMILES string of the molecule is O=C1c2ccccc2C(=O)N1CCc1ccc([N+](=O)[O-])cc1[N+](=O)[O-]. The first-order valence-electron chi connectivity index (χ1n) is 7.27. The van der Waals surface area contributed by atoms with Gasteiger partial charge < -0.3 is 0 Å². The van der Waals surface area contributed by atoms with Crippen molar-refractivity contribution in [2.75, 3.05) is 6.54 Å². The van der Waals surface area contributed by atoms with Gasteiger partial charge in [0.05, 0.1) is 27.0 Å². The summed E-state index contributed by atoms with van der Waals surface area (Å²) in [4.78, 5) is 46.0. The van der Waals surface area contributed by atoms with Gasteiger partial charge >= 0.3 is 0 Å². The van der Waals surface area contributed by atoms with Crippen LogP contribution in [0.1, 0.15) is 26.3 Å². The first-order valence-corrected chi connectivity index (χ1v) is 7.27. The molecule has 1 heterocycles. The van der Waals surface area contributed by atoms with E-state index in [1.54, 1.807) is 24.3 Å². The number of nitro groups is 2. The quantitative estimate of drug-likeness (QED) is 0.467. The van der Waals surface area contributed by atoms with Gasteiger partial charge in [-0.1, -0.05) is 12.1 Å². The molecule has 0 radical (unpaired) electrons. The molecule has 0 aromatic heterocycles. The maximum atomic E-state index is 12.3. The fourth-order valence-electron chi connectivity index (χ4n) is 2.72. The van der Waals surface area contributed by atoms with E-state index in [0.29, 0.717) is 11.1 Å². The van der Waals surface area contributed by atoms with Crippen molar-refractivity contribution in [2.45, 2.75) is 6.42 Å². The van der Waals surface area contributed by atoms with Crippen LogP contribution in [-0.2, 0) is 6.42 Å². The van der Waals surface area contributed by atoms with Crippen LogP contribution in [0.25, 0.3) is 0 Å². The average Bonchev–Trinajstić information content (AvgIpc) is 2.84.